The zero-order valence-electron chi connectivity index (χ0n) is 14.5. The Kier molecular flexibility index (Phi) is 1.87. The Bertz CT molecular complexity index is 771. The molecule has 86 valence electrons. The van der Waals surface area contributed by atoms with Crippen LogP contribution in [0.4, 0.5) is 0 Å². The van der Waals surface area contributed by atoms with Crippen LogP contribution in [0.15, 0.2) is 48.4 Å². The number of hydrogen-bond donors (Lipinski definition) is 0. The van der Waals surface area contributed by atoms with Gasteiger partial charge in [0, 0.05) is 0 Å². The van der Waals surface area contributed by atoms with Crippen LogP contribution < -0.4 is 0 Å². The fourth-order valence-electron chi connectivity index (χ4n) is 1.54. The maximum absolute atomic E-state index is 11.9. The van der Waals surface area contributed by atoms with Gasteiger partial charge in [0.05, 0.1) is 19.5 Å². The molecule has 0 amide bonds. The summed E-state index contributed by atoms with van der Waals surface area (Å²) in [6.07, 6.45) is 0. The maximum atomic E-state index is 11.9. The molecule has 0 saturated heterocycles. The highest BCUT2D eigenvalue weighted by Crippen LogP contribution is 2.25. The number of rotatable bonds is 2. The molecule has 0 saturated carbocycles. The molecule has 0 aliphatic heterocycles. The second-order valence-electron chi connectivity index (χ2n) is 3.45. The lowest BCUT2D eigenvalue weighted by molar-refractivity contribution is 0.0600. The van der Waals surface area contributed by atoms with Crippen LogP contribution in [0.25, 0.3) is 11.1 Å². The molecular weight excluding hydrogens is 212 g/mol. The first kappa shape index (κ1) is 6.60. The van der Waals surface area contributed by atoms with Crippen molar-refractivity contribution in [3.63, 3.8) is 0 Å². The summed E-state index contributed by atoms with van der Waals surface area (Å²) < 4.78 is 44.1. The number of ether oxygens (including phenoxy) is 1. The minimum atomic E-state index is -0.759. The highest BCUT2D eigenvalue weighted by atomic mass is 16.5. The zero-order valence-corrected chi connectivity index (χ0v) is 9.55. The topological polar surface area (TPSA) is 26.3 Å². The van der Waals surface area contributed by atoms with E-state index in [1.54, 1.807) is 19.1 Å². The zero-order chi connectivity index (χ0) is 16.6. The molecule has 2 aromatic carbocycles. The molecule has 0 aliphatic rings. The van der Waals surface area contributed by atoms with Gasteiger partial charge in [-0.05, 0) is 29.7 Å². The van der Waals surface area contributed by atoms with E-state index in [1.807, 2.05) is 0 Å². The second-order valence-corrected chi connectivity index (χ2v) is 3.45. The molecule has 17 heavy (non-hydrogen) atoms. The Morgan fingerprint density at radius 2 is 2.06 bits per heavy atom. The van der Waals surface area contributed by atoms with Gasteiger partial charge < -0.3 is 4.74 Å². The minimum Gasteiger partial charge on any atom is -0.465 e. The molecule has 0 N–H and O–H groups in total. The van der Waals surface area contributed by atoms with Crippen molar-refractivity contribution in [3.05, 3.63) is 59.5 Å². The molecule has 0 aliphatic carbocycles. The number of benzene rings is 2. The van der Waals surface area contributed by atoms with E-state index in [-0.39, 0.29) is 40.9 Å². The van der Waals surface area contributed by atoms with E-state index in [0.29, 0.717) is 5.56 Å². The minimum absolute atomic E-state index is 0.0163. The molecule has 2 aromatic rings. The number of esters is 1. The fourth-order valence-corrected chi connectivity index (χ4v) is 1.54. The van der Waals surface area contributed by atoms with Crippen LogP contribution in [-0.2, 0) is 4.74 Å². The summed E-state index contributed by atoms with van der Waals surface area (Å²) >= 11 is 0. The standard InChI is InChI=1S/C15H14O2/c1-11-13(12-7-4-3-5-8-12)9-6-10-14(11)15(16)17-2/h3-10H,1-2H3/i4D,6D,7D,9D,10D. The first-order chi connectivity index (χ1) is 10.3. The molecule has 0 atom stereocenters. The van der Waals surface area contributed by atoms with Crippen LogP contribution in [0.1, 0.15) is 22.8 Å². The van der Waals surface area contributed by atoms with E-state index < -0.39 is 12.0 Å². The molecule has 0 bridgehead atoms. The summed E-state index contributed by atoms with van der Waals surface area (Å²) in [5.41, 5.74) is 0.708. The Balaban J connectivity index is 2.90. The Morgan fingerprint density at radius 3 is 2.82 bits per heavy atom. The van der Waals surface area contributed by atoms with E-state index in [9.17, 15) is 4.79 Å². The van der Waals surface area contributed by atoms with Gasteiger partial charge in [-0.15, -0.1) is 0 Å². The third kappa shape index (κ3) is 2.21. The van der Waals surface area contributed by atoms with Crippen LogP contribution in [0.3, 0.4) is 0 Å². The van der Waals surface area contributed by atoms with Gasteiger partial charge in [-0.1, -0.05) is 42.4 Å². The van der Waals surface area contributed by atoms with E-state index in [4.69, 9.17) is 6.85 Å². The lowest BCUT2D eigenvalue weighted by atomic mass is 9.96. The summed E-state index contributed by atoms with van der Waals surface area (Å²) in [5, 5.41) is 0. The van der Waals surface area contributed by atoms with Crippen LogP contribution in [0.2, 0.25) is 0 Å². The molecule has 0 unspecified atom stereocenters. The average molecular weight is 231 g/mol. The van der Waals surface area contributed by atoms with Crippen LogP contribution >= 0.6 is 0 Å². The van der Waals surface area contributed by atoms with Gasteiger partial charge in [0.1, 0.15) is 0 Å². The molecule has 2 heteroatoms. The van der Waals surface area contributed by atoms with Crippen molar-refractivity contribution in [1.82, 2.24) is 0 Å². The number of methoxy groups -OCH3 is 1. The highest BCUT2D eigenvalue weighted by Gasteiger charge is 2.12. The number of carbonyl (C=O) groups is 1. The van der Waals surface area contributed by atoms with Crippen molar-refractivity contribution in [2.24, 2.45) is 0 Å². The van der Waals surface area contributed by atoms with Crippen molar-refractivity contribution < 1.29 is 16.4 Å². The summed E-state index contributed by atoms with van der Waals surface area (Å²) in [6, 6.07) is 3.46. The van der Waals surface area contributed by atoms with Crippen LogP contribution in [0, 0.1) is 6.92 Å². The predicted octanol–water partition coefficient (Wildman–Crippen LogP) is 3.45. The summed E-state index contributed by atoms with van der Waals surface area (Å²) in [4.78, 5) is 11.9. The second kappa shape index (κ2) is 4.83. The van der Waals surface area contributed by atoms with E-state index >= 15 is 0 Å². The number of carbonyl (C=O) groups excluding carboxylic acids is 1. The first-order valence-corrected chi connectivity index (χ1v) is 5.06. The Morgan fingerprint density at radius 1 is 1.24 bits per heavy atom. The van der Waals surface area contributed by atoms with Crippen molar-refractivity contribution >= 4 is 5.97 Å². The van der Waals surface area contributed by atoms with Crippen LogP contribution in [0.5, 0.6) is 0 Å². The first-order valence-electron chi connectivity index (χ1n) is 7.56. The van der Waals surface area contributed by atoms with E-state index in [1.165, 1.54) is 13.2 Å². The summed E-state index contributed by atoms with van der Waals surface area (Å²) in [6.45, 7) is 1.55. The molecule has 0 fully saturated rings. The van der Waals surface area contributed by atoms with Crippen molar-refractivity contribution in [2.75, 3.05) is 7.11 Å². The van der Waals surface area contributed by atoms with Gasteiger partial charge in [-0.3, -0.25) is 0 Å². The van der Waals surface area contributed by atoms with Crippen LogP contribution in [-0.4, -0.2) is 13.1 Å². The van der Waals surface area contributed by atoms with Gasteiger partial charge in [0.15, 0.2) is 0 Å². The lowest BCUT2D eigenvalue weighted by Crippen LogP contribution is -2.04. The molecular formula is C15H14O2. The van der Waals surface area contributed by atoms with Gasteiger partial charge in [0.25, 0.3) is 0 Å². The Hall–Kier alpha value is -2.09. The molecule has 2 nitrogen and oxygen atoms in total. The molecule has 0 aromatic heterocycles. The van der Waals surface area contributed by atoms with Gasteiger partial charge in [-0.25, -0.2) is 4.79 Å². The van der Waals surface area contributed by atoms with Crippen molar-refractivity contribution in [1.29, 1.82) is 0 Å². The SMILES string of the molecule is [2H]c1cccc(-c2c([2H])c([2H])c([2H])c(C(=O)OC)c2C)c1[2H]. The molecule has 0 spiro atoms. The summed E-state index contributed by atoms with van der Waals surface area (Å²) in [7, 11) is 1.18. The normalized spacial score (nSPS) is 14.1. The van der Waals surface area contributed by atoms with E-state index in [2.05, 4.69) is 4.74 Å². The number of hydrogen-bond acceptors (Lipinski definition) is 2. The highest BCUT2D eigenvalue weighted by molar-refractivity contribution is 5.93. The lowest BCUT2D eigenvalue weighted by Gasteiger charge is -2.09. The van der Waals surface area contributed by atoms with Gasteiger partial charge in [-0.2, -0.15) is 0 Å². The summed E-state index contributed by atoms with van der Waals surface area (Å²) in [5.74, 6) is -0.759. The quantitative estimate of drug-likeness (QED) is 0.740. The predicted molar refractivity (Wildman–Crippen MR) is 68.0 cm³/mol. The fraction of sp³-hybridized carbons (Fsp3) is 0.133. The molecule has 0 radical (unpaired) electrons. The average Bonchev–Trinajstić information content (AvgIpc) is 2.49. The molecule has 2 rings (SSSR count). The van der Waals surface area contributed by atoms with Gasteiger partial charge in [0.2, 0.25) is 0 Å². The maximum Gasteiger partial charge on any atom is 0.338 e. The largest absolute Gasteiger partial charge is 0.465 e. The van der Waals surface area contributed by atoms with E-state index in [0.717, 1.165) is 0 Å². The third-order valence-electron chi connectivity index (χ3n) is 2.43. The Labute approximate surface area is 108 Å². The molecule has 0 heterocycles. The smallest absolute Gasteiger partial charge is 0.338 e. The third-order valence-corrected chi connectivity index (χ3v) is 2.43. The monoisotopic (exact) mass is 231 g/mol. The van der Waals surface area contributed by atoms with Crippen molar-refractivity contribution in [2.45, 2.75) is 6.92 Å². The van der Waals surface area contributed by atoms with Gasteiger partial charge >= 0.3 is 5.97 Å². The van der Waals surface area contributed by atoms with Crippen molar-refractivity contribution in [3.8, 4) is 11.1 Å².